The highest BCUT2D eigenvalue weighted by Gasteiger charge is 2.69. The highest BCUT2D eigenvalue weighted by atomic mass is 19.4. The summed E-state index contributed by atoms with van der Waals surface area (Å²) in [5.41, 5.74) is -1.75. The Kier molecular flexibility index (Phi) is 6.45. The molecule has 5 rings (SSSR count). The number of amides is 1. The third kappa shape index (κ3) is 4.03. The number of rotatable bonds is 2. The molecule has 0 aliphatic heterocycles. The molecule has 0 saturated heterocycles. The lowest BCUT2D eigenvalue weighted by atomic mass is 9.34. The first-order valence-electron chi connectivity index (χ1n) is 15.0. The maximum atomic E-state index is 14.4. The number of Topliss-reactive ketones (excluding diaryl/α,β-unsaturated/α-hetero) is 1. The summed E-state index contributed by atoms with van der Waals surface area (Å²) < 4.78 is 39.5. The van der Waals surface area contributed by atoms with E-state index < -0.39 is 39.2 Å². The molecule has 0 bridgehead atoms. The summed E-state index contributed by atoms with van der Waals surface area (Å²) in [5, 5.41) is 12.1. The van der Waals surface area contributed by atoms with Gasteiger partial charge in [0.05, 0.1) is 5.57 Å². The summed E-state index contributed by atoms with van der Waals surface area (Å²) in [6.45, 7) is 14.6. The van der Waals surface area contributed by atoms with Gasteiger partial charge in [-0.2, -0.15) is 18.4 Å². The Morgan fingerprint density at radius 2 is 1.66 bits per heavy atom. The van der Waals surface area contributed by atoms with Crippen molar-refractivity contribution < 1.29 is 27.6 Å². The topological polar surface area (TPSA) is 87.0 Å². The van der Waals surface area contributed by atoms with E-state index in [9.17, 15) is 32.8 Å². The monoisotopic (exact) mass is 572 g/mol. The van der Waals surface area contributed by atoms with E-state index in [1.54, 1.807) is 6.08 Å². The number of allylic oxidation sites excluding steroid dienone is 4. The molecule has 224 valence electrons. The first-order chi connectivity index (χ1) is 18.7. The third-order valence-corrected chi connectivity index (χ3v) is 12.9. The Hall–Kier alpha value is -2.43. The molecule has 0 aromatic rings. The molecule has 0 aromatic heterocycles. The van der Waals surface area contributed by atoms with Crippen LogP contribution in [-0.4, -0.2) is 30.2 Å². The lowest BCUT2D eigenvalue weighted by Crippen LogP contribution is -2.66. The summed E-state index contributed by atoms with van der Waals surface area (Å²) >= 11 is 0. The van der Waals surface area contributed by atoms with E-state index >= 15 is 0 Å². The van der Waals surface area contributed by atoms with Gasteiger partial charge in [-0.1, -0.05) is 60.1 Å². The molecule has 0 spiro atoms. The van der Waals surface area contributed by atoms with Crippen molar-refractivity contribution in [2.24, 2.45) is 50.2 Å². The van der Waals surface area contributed by atoms with Crippen LogP contribution in [0.2, 0.25) is 0 Å². The maximum absolute atomic E-state index is 14.4. The highest BCUT2D eigenvalue weighted by Crippen LogP contribution is 2.74. The normalized spacial score (nSPS) is 42.8. The Morgan fingerprint density at radius 3 is 2.27 bits per heavy atom. The molecule has 1 amide bonds. The van der Waals surface area contributed by atoms with Crippen molar-refractivity contribution in [1.29, 1.82) is 5.26 Å². The van der Waals surface area contributed by atoms with Gasteiger partial charge >= 0.3 is 12.1 Å². The minimum absolute atomic E-state index is 0.00242. The van der Waals surface area contributed by atoms with Crippen molar-refractivity contribution in [3.63, 3.8) is 0 Å². The molecule has 5 aliphatic carbocycles. The van der Waals surface area contributed by atoms with E-state index in [0.29, 0.717) is 25.7 Å². The molecule has 1 N–H and O–H groups in total. The number of nitriles is 1. The molecule has 5 aliphatic rings. The van der Waals surface area contributed by atoms with E-state index in [1.165, 1.54) is 0 Å². The first kappa shape index (κ1) is 30.0. The Balaban J connectivity index is 1.62. The Labute approximate surface area is 241 Å². The van der Waals surface area contributed by atoms with Crippen LogP contribution in [-0.2, 0) is 14.4 Å². The third-order valence-electron chi connectivity index (χ3n) is 12.9. The van der Waals surface area contributed by atoms with Gasteiger partial charge < -0.3 is 5.32 Å². The summed E-state index contributed by atoms with van der Waals surface area (Å²) in [5.74, 6) is -2.68. The van der Waals surface area contributed by atoms with Crippen LogP contribution in [0.5, 0.6) is 0 Å². The molecule has 3 saturated carbocycles. The standard InChI is InChI=1S/C33H43F3N2O3/c1-27(2)10-12-32(18-38-26(41)33(34,35)36)13-11-31(7)24(20(32)16-27)21(39)14-23-29(5)15-19(17-37)25(40)28(3,4)22(29)8-9-30(23,31)6/h14-15,20,22,24H,8-13,16,18H2,1-7H3,(H,38,41)/t20?,22-,24?,29-,30+,31+,32+/m0/s1. The second-order valence-corrected chi connectivity index (χ2v) is 15.8. The smallest absolute Gasteiger partial charge is 0.348 e. The van der Waals surface area contributed by atoms with E-state index in [4.69, 9.17) is 0 Å². The number of carbonyl (C=O) groups excluding carboxylic acids is 3. The zero-order chi connectivity index (χ0) is 30.6. The summed E-state index contributed by atoms with van der Waals surface area (Å²) in [6, 6.07) is 2.12. The summed E-state index contributed by atoms with van der Waals surface area (Å²) in [6.07, 6.45) is 3.72. The van der Waals surface area contributed by atoms with Gasteiger partial charge in [0.25, 0.3) is 0 Å². The predicted octanol–water partition coefficient (Wildman–Crippen LogP) is 6.88. The molecular weight excluding hydrogens is 529 g/mol. The number of nitrogens with one attached hydrogen (secondary N) is 1. The van der Waals surface area contributed by atoms with Crippen LogP contribution in [0.15, 0.2) is 23.3 Å². The molecule has 2 unspecified atom stereocenters. The second kappa shape index (κ2) is 8.80. The van der Waals surface area contributed by atoms with Crippen LogP contribution in [0.3, 0.4) is 0 Å². The molecule has 0 heterocycles. The molecular formula is C33H43F3N2O3. The van der Waals surface area contributed by atoms with Crippen LogP contribution >= 0.6 is 0 Å². The van der Waals surface area contributed by atoms with Crippen molar-refractivity contribution in [3.8, 4) is 6.07 Å². The molecule has 0 aromatic carbocycles. The van der Waals surface area contributed by atoms with Gasteiger partial charge in [0.2, 0.25) is 0 Å². The van der Waals surface area contributed by atoms with Crippen molar-refractivity contribution in [3.05, 3.63) is 23.3 Å². The second-order valence-electron chi connectivity index (χ2n) is 15.8. The Morgan fingerprint density at radius 1 is 1.02 bits per heavy atom. The van der Waals surface area contributed by atoms with Gasteiger partial charge in [-0.05, 0) is 84.5 Å². The summed E-state index contributed by atoms with van der Waals surface area (Å²) in [4.78, 5) is 39.5. The molecule has 8 heteroatoms. The lowest BCUT2D eigenvalue weighted by molar-refractivity contribution is -0.180. The van der Waals surface area contributed by atoms with Gasteiger partial charge in [0, 0.05) is 23.3 Å². The average Bonchev–Trinajstić information content (AvgIpc) is 2.86. The zero-order valence-corrected chi connectivity index (χ0v) is 25.3. The minimum atomic E-state index is -4.95. The van der Waals surface area contributed by atoms with Crippen LogP contribution < -0.4 is 5.32 Å². The van der Waals surface area contributed by atoms with E-state index in [0.717, 1.165) is 24.8 Å². The fourth-order valence-electron chi connectivity index (χ4n) is 10.4. The number of halogens is 3. The highest BCUT2D eigenvalue weighted by molar-refractivity contribution is 6.04. The number of ketones is 2. The predicted molar refractivity (Wildman–Crippen MR) is 148 cm³/mol. The van der Waals surface area contributed by atoms with Gasteiger partial charge in [-0.3, -0.25) is 14.4 Å². The van der Waals surface area contributed by atoms with Crippen LogP contribution in [0.4, 0.5) is 13.2 Å². The van der Waals surface area contributed by atoms with Crippen molar-refractivity contribution in [1.82, 2.24) is 5.32 Å². The zero-order valence-electron chi connectivity index (χ0n) is 25.3. The molecule has 3 fully saturated rings. The van der Waals surface area contributed by atoms with Crippen molar-refractivity contribution >= 4 is 17.5 Å². The average molecular weight is 573 g/mol. The number of carbonyl (C=O) groups is 3. The van der Waals surface area contributed by atoms with Gasteiger partial charge in [0.1, 0.15) is 6.07 Å². The van der Waals surface area contributed by atoms with Gasteiger partial charge in [-0.25, -0.2) is 0 Å². The van der Waals surface area contributed by atoms with E-state index in [1.807, 2.05) is 19.9 Å². The van der Waals surface area contributed by atoms with Crippen LogP contribution in [0.25, 0.3) is 0 Å². The quantitative estimate of drug-likeness (QED) is 0.391. The molecule has 5 nitrogen and oxygen atoms in total. The lowest BCUT2D eigenvalue weighted by Gasteiger charge is -2.69. The summed E-state index contributed by atoms with van der Waals surface area (Å²) in [7, 11) is 0. The van der Waals surface area contributed by atoms with Gasteiger partial charge in [0.15, 0.2) is 11.6 Å². The van der Waals surface area contributed by atoms with Crippen molar-refractivity contribution in [2.45, 2.75) is 99.6 Å². The largest absolute Gasteiger partial charge is 0.471 e. The van der Waals surface area contributed by atoms with Crippen LogP contribution in [0, 0.1) is 61.6 Å². The maximum Gasteiger partial charge on any atom is 0.471 e. The first-order valence-corrected chi connectivity index (χ1v) is 15.0. The minimum Gasteiger partial charge on any atom is -0.348 e. The van der Waals surface area contributed by atoms with Crippen LogP contribution in [0.1, 0.15) is 93.4 Å². The number of alkyl halides is 3. The van der Waals surface area contributed by atoms with E-state index in [2.05, 4.69) is 46.0 Å². The molecule has 41 heavy (non-hydrogen) atoms. The number of fused-ring (bicyclic) bond motifs is 7. The number of nitrogens with zero attached hydrogens (tertiary/aromatic N) is 1. The number of hydrogen-bond donors (Lipinski definition) is 1. The van der Waals surface area contributed by atoms with Gasteiger partial charge in [-0.15, -0.1) is 0 Å². The number of hydrogen-bond acceptors (Lipinski definition) is 4. The van der Waals surface area contributed by atoms with E-state index in [-0.39, 0.29) is 46.9 Å². The SMILES string of the molecule is CC1(C)CC[C@]2(CNC(=O)C(F)(F)F)CC[C@]3(C)C(C(=O)C=C4[C@@]5(C)C=C(C#N)C(=O)C(C)(C)[C@@H]5CC[C@]43C)C2C1. The Bertz CT molecular complexity index is 1320. The molecule has 0 radical (unpaired) electrons. The van der Waals surface area contributed by atoms with Crippen molar-refractivity contribution in [2.75, 3.05) is 6.54 Å². The molecule has 7 atom stereocenters. The fourth-order valence-corrected chi connectivity index (χ4v) is 10.4. The fraction of sp³-hybridized carbons (Fsp3) is 0.758.